The monoisotopic (exact) mass is 309 g/mol. The molecular formula is C17H19N5O. The van der Waals surface area contributed by atoms with Crippen LogP contribution < -0.4 is 4.90 Å². The summed E-state index contributed by atoms with van der Waals surface area (Å²) in [5, 5.41) is 5.49. The van der Waals surface area contributed by atoms with Crippen LogP contribution in [-0.4, -0.2) is 45.0 Å². The summed E-state index contributed by atoms with van der Waals surface area (Å²) in [4.78, 5) is 11.2. The Morgan fingerprint density at radius 1 is 1.04 bits per heavy atom. The third-order valence-corrected chi connectivity index (χ3v) is 4.06. The van der Waals surface area contributed by atoms with E-state index in [4.69, 9.17) is 4.74 Å². The van der Waals surface area contributed by atoms with Gasteiger partial charge in [-0.1, -0.05) is 18.2 Å². The predicted molar refractivity (Wildman–Crippen MR) is 88.9 cm³/mol. The maximum Gasteiger partial charge on any atom is 0.168 e. The van der Waals surface area contributed by atoms with Gasteiger partial charge in [-0.05, 0) is 26.0 Å². The number of para-hydroxylation sites is 1. The highest BCUT2D eigenvalue weighted by atomic mass is 16.5. The summed E-state index contributed by atoms with van der Waals surface area (Å²) >= 11 is 0. The van der Waals surface area contributed by atoms with Crippen molar-refractivity contribution < 1.29 is 4.74 Å². The maximum atomic E-state index is 5.82. The van der Waals surface area contributed by atoms with E-state index in [0.717, 1.165) is 35.6 Å². The van der Waals surface area contributed by atoms with Crippen LogP contribution >= 0.6 is 0 Å². The van der Waals surface area contributed by atoms with Crippen molar-refractivity contribution in [1.82, 2.24) is 19.7 Å². The van der Waals surface area contributed by atoms with E-state index in [1.54, 1.807) is 6.33 Å². The van der Waals surface area contributed by atoms with Crippen LogP contribution in [-0.2, 0) is 4.74 Å². The summed E-state index contributed by atoms with van der Waals surface area (Å²) in [6, 6.07) is 10.0. The Labute approximate surface area is 134 Å². The molecule has 0 saturated carbocycles. The van der Waals surface area contributed by atoms with Crippen LogP contribution in [0.15, 0.2) is 42.9 Å². The van der Waals surface area contributed by atoms with Gasteiger partial charge < -0.3 is 9.64 Å². The molecule has 6 nitrogen and oxygen atoms in total. The van der Waals surface area contributed by atoms with Gasteiger partial charge in [0.2, 0.25) is 0 Å². The standard InChI is InChI=1S/C17H19N5O/c1-12-9-21(10-13(2)23-12)16-15-8-20-22(17(15)19-11-18-16)14-6-4-3-5-7-14/h3-8,11-13H,9-10H2,1-2H3/t12-,13-/m1/s1. The summed E-state index contributed by atoms with van der Waals surface area (Å²) in [6.07, 6.45) is 3.84. The fourth-order valence-electron chi connectivity index (χ4n) is 3.19. The van der Waals surface area contributed by atoms with Crippen LogP contribution in [0.2, 0.25) is 0 Å². The Hall–Kier alpha value is -2.47. The van der Waals surface area contributed by atoms with Gasteiger partial charge >= 0.3 is 0 Å². The van der Waals surface area contributed by atoms with Crippen LogP contribution in [0.3, 0.4) is 0 Å². The second kappa shape index (κ2) is 5.62. The van der Waals surface area contributed by atoms with Gasteiger partial charge in [0.25, 0.3) is 0 Å². The van der Waals surface area contributed by atoms with Gasteiger partial charge in [0.1, 0.15) is 12.1 Å². The topological polar surface area (TPSA) is 56.1 Å². The van der Waals surface area contributed by atoms with E-state index in [2.05, 4.69) is 33.8 Å². The van der Waals surface area contributed by atoms with Crippen molar-refractivity contribution >= 4 is 16.9 Å². The second-order valence-electron chi connectivity index (χ2n) is 5.99. The molecule has 0 N–H and O–H groups in total. The summed E-state index contributed by atoms with van der Waals surface area (Å²) in [5.74, 6) is 0.930. The highest BCUT2D eigenvalue weighted by molar-refractivity contribution is 5.87. The molecule has 0 bridgehead atoms. The minimum Gasteiger partial charge on any atom is -0.372 e. The van der Waals surface area contributed by atoms with Crippen LogP contribution in [0.1, 0.15) is 13.8 Å². The van der Waals surface area contributed by atoms with E-state index in [1.165, 1.54) is 0 Å². The first kappa shape index (κ1) is 14.1. The molecule has 23 heavy (non-hydrogen) atoms. The lowest BCUT2D eigenvalue weighted by atomic mass is 10.2. The van der Waals surface area contributed by atoms with E-state index in [9.17, 15) is 0 Å². The van der Waals surface area contributed by atoms with Crippen molar-refractivity contribution in [1.29, 1.82) is 0 Å². The maximum absolute atomic E-state index is 5.82. The van der Waals surface area contributed by atoms with Crippen LogP contribution in [0, 0.1) is 0 Å². The lowest BCUT2D eigenvalue weighted by molar-refractivity contribution is -0.00537. The molecule has 0 unspecified atom stereocenters. The molecule has 118 valence electrons. The minimum absolute atomic E-state index is 0.188. The number of ether oxygens (including phenoxy) is 1. The third kappa shape index (κ3) is 2.55. The first-order valence-electron chi connectivity index (χ1n) is 7.87. The van der Waals surface area contributed by atoms with Crippen molar-refractivity contribution in [2.45, 2.75) is 26.1 Å². The van der Waals surface area contributed by atoms with Gasteiger partial charge in [-0.3, -0.25) is 0 Å². The highest BCUT2D eigenvalue weighted by Crippen LogP contribution is 2.26. The highest BCUT2D eigenvalue weighted by Gasteiger charge is 2.25. The largest absolute Gasteiger partial charge is 0.372 e. The molecule has 0 amide bonds. The third-order valence-electron chi connectivity index (χ3n) is 4.06. The van der Waals surface area contributed by atoms with Crippen molar-refractivity contribution in [2.75, 3.05) is 18.0 Å². The van der Waals surface area contributed by atoms with Crippen molar-refractivity contribution in [3.8, 4) is 5.69 Å². The SMILES string of the molecule is C[C@@H]1CN(c2ncnc3c2cnn3-c2ccccc2)C[C@@H](C)O1. The Morgan fingerprint density at radius 3 is 2.52 bits per heavy atom. The molecule has 1 saturated heterocycles. The summed E-state index contributed by atoms with van der Waals surface area (Å²) in [7, 11) is 0. The zero-order chi connectivity index (χ0) is 15.8. The molecule has 2 atom stereocenters. The van der Waals surface area contributed by atoms with Crippen LogP contribution in [0.5, 0.6) is 0 Å². The quantitative estimate of drug-likeness (QED) is 0.728. The molecule has 4 rings (SSSR count). The zero-order valence-electron chi connectivity index (χ0n) is 13.3. The van der Waals surface area contributed by atoms with E-state index >= 15 is 0 Å². The smallest absolute Gasteiger partial charge is 0.168 e. The number of hydrogen-bond donors (Lipinski definition) is 0. The lowest BCUT2D eigenvalue weighted by Crippen LogP contribution is -2.45. The van der Waals surface area contributed by atoms with E-state index in [-0.39, 0.29) is 12.2 Å². The molecule has 6 heteroatoms. The lowest BCUT2D eigenvalue weighted by Gasteiger charge is -2.36. The van der Waals surface area contributed by atoms with E-state index < -0.39 is 0 Å². The number of aromatic nitrogens is 4. The second-order valence-corrected chi connectivity index (χ2v) is 5.99. The molecule has 0 spiro atoms. The fourth-order valence-corrected chi connectivity index (χ4v) is 3.19. The molecule has 1 aliphatic rings. The van der Waals surface area contributed by atoms with Crippen molar-refractivity contribution in [3.63, 3.8) is 0 Å². The van der Waals surface area contributed by atoms with Gasteiger partial charge in [-0.2, -0.15) is 5.10 Å². The van der Waals surface area contributed by atoms with Gasteiger partial charge in [0.05, 0.1) is 29.5 Å². The Morgan fingerprint density at radius 2 is 1.78 bits per heavy atom. The number of fused-ring (bicyclic) bond motifs is 1. The van der Waals surface area contributed by atoms with Crippen LogP contribution in [0.4, 0.5) is 5.82 Å². The Bertz CT molecular complexity index is 806. The normalized spacial score (nSPS) is 21.7. The molecule has 3 aromatic rings. The van der Waals surface area contributed by atoms with E-state index in [0.29, 0.717) is 0 Å². The molecule has 1 fully saturated rings. The average Bonchev–Trinajstić information content (AvgIpc) is 2.98. The number of benzene rings is 1. The fraction of sp³-hybridized carbons (Fsp3) is 0.353. The molecule has 3 heterocycles. The van der Waals surface area contributed by atoms with Crippen LogP contribution in [0.25, 0.3) is 16.7 Å². The van der Waals surface area contributed by atoms with Crippen molar-refractivity contribution in [2.24, 2.45) is 0 Å². The minimum atomic E-state index is 0.188. The summed E-state index contributed by atoms with van der Waals surface area (Å²) < 4.78 is 7.67. The zero-order valence-corrected chi connectivity index (χ0v) is 13.3. The molecule has 0 radical (unpaired) electrons. The molecule has 0 aliphatic carbocycles. The van der Waals surface area contributed by atoms with E-state index in [1.807, 2.05) is 41.2 Å². The molecule has 1 aromatic carbocycles. The first-order valence-corrected chi connectivity index (χ1v) is 7.87. The molecule has 2 aromatic heterocycles. The molecular weight excluding hydrogens is 290 g/mol. The number of hydrogen-bond acceptors (Lipinski definition) is 5. The number of morpholine rings is 1. The Balaban J connectivity index is 1.79. The van der Waals surface area contributed by atoms with Crippen molar-refractivity contribution in [3.05, 3.63) is 42.9 Å². The number of anilines is 1. The Kier molecular flexibility index (Phi) is 3.46. The van der Waals surface area contributed by atoms with Gasteiger partial charge in [-0.25, -0.2) is 14.6 Å². The van der Waals surface area contributed by atoms with Gasteiger partial charge in [-0.15, -0.1) is 0 Å². The number of rotatable bonds is 2. The first-order chi connectivity index (χ1) is 11.2. The average molecular weight is 309 g/mol. The number of nitrogens with zero attached hydrogens (tertiary/aromatic N) is 5. The van der Waals surface area contributed by atoms with Gasteiger partial charge in [0.15, 0.2) is 5.65 Å². The summed E-state index contributed by atoms with van der Waals surface area (Å²) in [6.45, 7) is 5.84. The molecule has 1 aliphatic heterocycles. The van der Waals surface area contributed by atoms with Gasteiger partial charge in [0, 0.05) is 13.1 Å². The summed E-state index contributed by atoms with van der Waals surface area (Å²) in [5.41, 5.74) is 1.82. The predicted octanol–water partition coefficient (Wildman–Crippen LogP) is 2.43.